The molecule has 0 aliphatic heterocycles. The number of carbonyl (C=O) groups excluding carboxylic acids is 1. The number of aromatic nitrogens is 3. The van der Waals surface area contributed by atoms with E-state index in [1.165, 1.54) is 35.0 Å². The molecule has 0 saturated carbocycles. The molecule has 1 N–H and O–H groups in total. The topological polar surface area (TPSA) is 103 Å². The fourth-order valence-electron chi connectivity index (χ4n) is 3.38. The van der Waals surface area contributed by atoms with Crippen molar-refractivity contribution in [2.75, 3.05) is 0 Å². The summed E-state index contributed by atoms with van der Waals surface area (Å²) in [5.74, 6) is -0.847. The number of nitro benzene ring substituents is 1. The highest BCUT2D eigenvalue weighted by atomic mass is 19.1. The van der Waals surface area contributed by atoms with E-state index in [9.17, 15) is 19.3 Å². The molecule has 1 amide bonds. The first-order valence-electron chi connectivity index (χ1n) is 9.72. The van der Waals surface area contributed by atoms with Crippen molar-refractivity contribution >= 4 is 11.6 Å². The number of hydrogen-bond acceptors (Lipinski definition) is 5. The number of nitrogens with zero attached hydrogens (tertiary/aromatic N) is 4. The molecule has 0 aliphatic rings. The molecule has 0 fully saturated rings. The van der Waals surface area contributed by atoms with E-state index in [1.54, 1.807) is 25.1 Å². The third kappa shape index (κ3) is 4.22. The number of benzene rings is 3. The summed E-state index contributed by atoms with van der Waals surface area (Å²) in [6.07, 6.45) is 0. The fraction of sp³-hybridized carbons (Fsp3) is 0.0870. The molecule has 3 aromatic carbocycles. The van der Waals surface area contributed by atoms with Crippen LogP contribution in [0.1, 0.15) is 33.4 Å². The summed E-state index contributed by atoms with van der Waals surface area (Å²) < 4.78 is 14.8. The molecule has 0 spiro atoms. The molecule has 0 aliphatic carbocycles. The number of nitro groups is 1. The van der Waals surface area contributed by atoms with Crippen LogP contribution in [-0.4, -0.2) is 25.8 Å². The van der Waals surface area contributed by atoms with Crippen LogP contribution in [0.2, 0.25) is 0 Å². The molecular formula is C23H18FN5O3. The largest absolute Gasteiger partial charge is 0.340 e. The molecular weight excluding hydrogens is 413 g/mol. The quantitative estimate of drug-likeness (QED) is 0.365. The van der Waals surface area contributed by atoms with Crippen LogP contribution in [0.4, 0.5) is 10.1 Å². The lowest BCUT2D eigenvalue weighted by molar-refractivity contribution is -0.384. The summed E-state index contributed by atoms with van der Waals surface area (Å²) in [4.78, 5) is 23.7. The van der Waals surface area contributed by atoms with Crippen molar-refractivity contribution in [1.82, 2.24) is 20.3 Å². The van der Waals surface area contributed by atoms with Gasteiger partial charge >= 0.3 is 0 Å². The van der Waals surface area contributed by atoms with E-state index < -0.39 is 16.9 Å². The van der Waals surface area contributed by atoms with Crippen LogP contribution in [-0.2, 0) is 0 Å². The first-order chi connectivity index (χ1) is 15.4. The van der Waals surface area contributed by atoms with Crippen molar-refractivity contribution in [3.8, 4) is 5.69 Å². The van der Waals surface area contributed by atoms with E-state index in [0.29, 0.717) is 16.9 Å². The van der Waals surface area contributed by atoms with Crippen LogP contribution in [0.5, 0.6) is 0 Å². The second-order valence-electron chi connectivity index (χ2n) is 7.08. The van der Waals surface area contributed by atoms with Gasteiger partial charge in [-0.3, -0.25) is 14.9 Å². The molecule has 32 heavy (non-hydrogen) atoms. The van der Waals surface area contributed by atoms with E-state index >= 15 is 0 Å². The van der Waals surface area contributed by atoms with Gasteiger partial charge in [0, 0.05) is 12.1 Å². The number of amides is 1. The lowest BCUT2D eigenvalue weighted by Crippen LogP contribution is -2.30. The van der Waals surface area contributed by atoms with E-state index in [4.69, 9.17) is 0 Å². The highest BCUT2D eigenvalue weighted by Gasteiger charge is 2.23. The number of halogens is 1. The Morgan fingerprint density at radius 1 is 1.03 bits per heavy atom. The van der Waals surface area contributed by atoms with E-state index in [0.717, 1.165) is 5.56 Å². The maximum absolute atomic E-state index is 13.4. The molecule has 1 aromatic heterocycles. The zero-order chi connectivity index (χ0) is 22.7. The van der Waals surface area contributed by atoms with Gasteiger partial charge in [0.2, 0.25) is 0 Å². The van der Waals surface area contributed by atoms with Crippen LogP contribution < -0.4 is 5.32 Å². The minimum Gasteiger partial charge on any atom is -0.340 e. The van der Waals surface area contributed by atoms with Crippen LogP contribution in [0.25, 0.3) is 5.69 Å². The van der Waals surface area contributed by atoms with Crippen molar-refractivity contribution in [3.05, 3.63) is 117 Å². The van der Waals surface area contributed by atoms with Crippen LogP contribution in [0.15, 0.2) is 78.9 Å². The average Bonchev–Trinajstić information content (AvgIpc) is 3.20. The molecule has 0 radical (unpaired) electrons. The normalized spacial score (nSPS) is 11.7. The Morgan fingerprint density at radius 2 is 1.72 bits per heavy atom. The summed E-state index contributed by atoms with van der Waals surface area (Å²) in [7, 11) is 0. The second-order valence-corrected chi connectivity index (χ2v) is 7.08. The van der Waals surface area contributed by atoms with Crippen molar-refractivity contribution in [2.24, 2.45) is 0 Å². The number of nitrogens with one attached hydrogen (secondary N) is 1. The Balaban J connectivity index is 1.65. The monoisotopic (exact) mass is 431 g/mol. The summed E-state index contributed by atoms with van der Waals surface area (Å²) in [6, 6.07) is 20.5. The van der Waals surface area contributed by atoms with Crippen molar-refractivity contribution in [2.45, 2.75) is 13.0 Å². The summed E-state index contributed by atoms with van der Waals surface area (Å²) in [5.41, 5.74) is 2.35. The van der Waals surface area contributed by atoms with Gasteiger partial charge in [-0.05, 0) is 36.2 Å². The van der Waals surface area contributed by atoms with Gasteiger partial charge in [0.25, 0.3) is 11.6 Å². The number of carbonyl (C=O) groups is 1. The van der Waals surface area contributed by atoms with Crippen molar-refractivity contribution < 1.29 is 14.1 Å². The van der Waals surface area contributed by atoms with Crippen LogP contribution >= 0.6 is 0 Å². The van der Waals surface area contributed by atoms with Gasteiger partial charge in [-0.1, -0.05) is 53.7 Å². The van der Waals surface area contributed by atoms with Gasteiger partial charge in [-0.2, -0.15) is 0 Å². The lowest BCUT2D eigenvalue weighted by atomic mass is 9.98. The maximum atomic E-state index is 13.4. The zero-order valence-electron chi connectivity index (χ0n) is 17.0. The highest BCUT2D eigenvalue weighted by molar-refractivity contribution is 5.93. The molecule has 160 valence electrons. The number of hydrogen-bond donors (Lipinski definition) is 1. The number of rotatable bonds is 6. The van der Waals surface area contributed by atoms with Gasteiger partial charge < -0.3 is 5.32 Å². The molecule has 8 nitrogen and oxygen atoms in total. The minimum atomic E-state index is -0.535. The molecule has 0 bridgehead atoms. The minimum absolute atomic E-state index is 0.0829. The van der Waals surface area contributed by atoms with Gasteiger partial charge in [-0.25, -0.2) is 9.07 Å². The fourth-order valence-corrected chi connectivity index (χ4v) is 3.38. The molecule has 4 rings (SSSR count). The summed E-state index contributed by atoms with van der Waals surface area (Å²) in [6.45, 7) is 1.66. The van der Waals surface area contributed by atoms with Crippen molar-refractivity contribution in [1.29, 1.82) is 0 Å². The Bertz CT molecular complexity index is 1270. The van der Waals surface area contributed by atoms with E-state index in [-0.39, 0.29) is 17.2 Å². The predicted octanol–water partition coefficient (Wildman–Crippen LogP) is 4.14. The van der Waals surface area contributed by atoms with Gasteiger partial charge in [-0.15, -0.1) is 5.10 Å². The van der Waals surface area contributed by atoms with E-state index in [2.05, 4.69) is 15.6 Å². The third-order valence-electron chi connectivity index (χ3n) is 5.01. The Labute approximate surface area is 182 Å². The molecule has 1 heterocycles. The average molecular weight is 431 g/mol. The molecule has 0 saturated heterocycles. The second kappa shape index (κ2) is 8.76. The third-order valence-corrected chi connectivity index (χ3v) is 5.01. The number of non-ortho nitro benzene ring substituents is 1. The Kier molecular flexibility index (Phi) is 5.71. The highest BCUT2D eigenvalue weighted by Crippen LogP contribution is 2.24. The predicted molar refractivity (Wildman–Crippen MR) is 115 cm³/mol. The SMILES string of the molecule is Cc1c(C(=O)NC(c2ccccc2)c2ccc(F)cc2)nnn1-c1cccc([N+](=O)[O-])c1. The van der Waals surface area contributed by atoms with Crippen LogP contribution in [0, 0.1) is 22.9 Å². The lowest BCUT2D eigenvalue weighted by Gasteiger charge is -2.19. The van der Waals surface area contributed by atoms with Crippen LogP contribution in [0.3, 0.4) is 0 Å². The maximum Gasteiger partial charge on any atom is 0.274 e. The summed E-state index contributed by atoms with van der Waals surface area (Å²) in [5, 5.41) is 22.0. The molecule has 9 heteroatoms. The molecule has 1 unspecified atom stereocenters. The van der Waals surface area contributed by atoms with Gasteiger partial charge in [0.05, 0.1) is 22.3 Å². The zero-order valence-corrected chi connectivity index (χ0v) is 17.0. The van der Waals surface area contributed by atoms with Gasteiger partial charge in [0.15, 0.2) is 5.69 Å². The first kappa shape index (κ1) is 20.9. The smallest absolute Gasteiger partial charge is 0.274 e. The standard InChI is InChI=1S/C23H18FN5O3/c1-15-21(26-27-28(15)19-8-5-9-20(14-19)29(31)32)23(30)25-22(16-6-3-2-4-7-16)17-10-12-18(24)13-11-17/h2-14,22H,1H3,(H,25,30). The van der Waals surface area contributed by atoms with E-state index in [1.807, 2.05) is 30.3 Å². The summed E-state index contributed by atoms with van der Waals surface area (Å²) >= 11 is 0. The molecule has 4 aromatic rings. The Morgan fingerprint density at radius 3 is 2.41 bits per heavy atom. The first-order valence-corrected chi connectivity index (χ1v) is 9.72. The Hall–Kier alpha value is -4.40. The molecule has 1 atom stereocenters. The van der Waals surface area contributed by atoms with Crippen molar-refractivity contribution in [3.63, 3.8) is 0 Å². The van der Waals surface area contributed by atoms with Gasteiger partial charge in [0.1, 0.15) is 5.82 Å².